The second kappa shape index (κ2) is 3.94. The Morgan fingerprint density at radius 1 is 1.44 bits per heavy atom. The third-order valence-electron chi connectivity index (χ3n) is 3.25. The highest BCUT2D eigenvalue weighted by atomic mass is 35.5. The van der Waals surface area contributed by atoms with Gasteiger partial charge in [-0.05, 0) is 48.4 Å². The minimum atomic E-state index is -0.0971. The first kappa shape index (κ1) is 11.7. The molecule has 1 aromatic rings. The van der Waals surface area contributed by atoms with Crippen LogP contribution in [0.2, 0.25) is 5.02 Å². The number of nitrogens with two attached hydrogens (primary N) is 1. The zero-order valence-corrected chi connectivity index (χ0v) is 10.5. The van der Waals surface area contributed by atoms with Gasteiger partial charge in [0.1, 0.15) is 5.75 Å². The quantitative estimate of drug-likeness (QED) is 0.851. The van der Waals surface area contributed by atoms with Gasteiger partial charge in [-0.25, -0.2) is 0 Å². The third-order valence-corrected chi connectivity index (χ3v) is 3.58. The molecule has 0 aromatic heterocycles. The number of benzene rings is 1. The summed E-state index contributed by atoms with van der Waals surface area (Å²) in [6, 6.07) is 3.63. The Kier molecular flexibility index (Phi) is 2.89. The van der Waals surface area contributed by atoms with Crippen LogP contribution < -0.4 is 5.73 Å². The molecule has 1 aromatic carbocycles. The number of aromatic hydroxyl groups is 1. The second-order valence-electron chi connectivity index (χ2n) is 5.20. The highest BCUT2D eigenvalue weighted by molar-refractivity contribution is 6.31. The summed E-state index contributed by atoms with van der Waals surface area (Å²) < 4.78 is 0. The van der Waals surface area contributed by atoms with Crippen LogP contribution in [0.3, 0.4) is 0 Å². The maximum atomic E-state index is 9.94. The smallest absolute Gasteiger partial charge is 0.119 e. The molecule has 1 aliphatic carbocycles. The Hall–Kier alpha value is -0.730. The Bertz CT molecular complexity index is 411. The second-order valence-corrected chi connectivity index (χ2v) is 5.60. The van der Waals surface area contributed by atoms with Crippen LogP contribution in [-0.2, 0) is 6.42 Å². The van der Waals surface area contributed by atoms with Gasteiger partial charge in [-0.2, -0.15) is 0 Å². The molecule has 0 aliphatic heterocycles. The number of hydrogen-bond acceptors (Lipinski definition) is 2. The summed E-state index contributed by atoms with van der Waals surface area (Å²) in [4.78, 5) is 0. The van der Waals surface area contributed by atoms with Crippen LogP contribution in [0.15, 0.2) is 12.1 Å². The van der Waals surface area contributed by atoms with Crippen molar-refractivity contribution in [2.45, 2.75) is 44.6 Å². The van der Waals surface area contributed by atoms with Crippen molar-refractivity contribution in [2.75, 3.05) is 0 Å². The molecule has 0 saturated heterocycles. The van der Waals surface area contributed by atoms with E-state index in [0.717, 1.165) is 35.4 Å². The summed E-state index contributed by atoms with van der Waals surface area (Å²) in [6.07, 6.45) is 2.79. The van der Waals surface area contributed by atoms with Gasteiger partial charge in [0.2, 0.25) is 0 Å². The van der Waals surface area contributed by atoms with Gasteiger partial charge in [-0.1, -0.05) is 25.4 Å². The van der Waals surface area contributed by atoms with E-state index in [1.54, 1.807) is 6.07 Å². The van der Waals surface area contributed by atoms with Gasteiger partial charge in [0.15, 0.2) is 0 Å². The average Bonchev–Trinajstić information content (AvgIpc) is 2.89. The molecular weight excluding hydrogens is 222 g/mol. The number of rotatable bonds is 3. The van der Waals surface area contributed by atoms with E-state index >= 15 is 0 Å². The lowest BCUT2D eigenvalue weighted by atomic mass is 9.97. The van der Waals surface area contributed by atoms with Gasteiger partial charge in [0.05, 0.1) is 0 Å². The minimum Gasteiger partial charge on any atom is -0.508 e. The van der Waals surface area contributed by atoms with E-state index in [0.29, 0.717) is 11.7 Å². The molecule has 0 unspecified atom stereocenters. The molecule has 0 spiro atoms. The molecule has 88 valence electrons. The van der Waals surface area contributed by atoms with Crippen LogP contribution in [0.4, 0.5) is 0 Å². The van der Waals surface area contributed by atoms with Crippen molar-refractivity contribution in [3.8, 4) is 5.75 Å². The fourth-order valence-electron chi connectivity index (χ4n) is 1.92. The maximum absolute atomic E-state index is 9.94. The fourth-order valence-corrected chi connectivity index (χ4v) is 2.32. The first-order chi connectivity index (χ1) is 7.41. The van der Waals surface area contributed by atoms with Gasteiger partial charge < -0.3 is 10.8 Å². The van der Waals surface area contributed by atoms with E-state index < -0.39 is 0 Å². The summed E-state index contributed by atoms with van der Waals surface area (Å²) in [5.41, 5.74) is 7.80. The van der Waals surface area contributed by atoms with Crippen LogP contribution in [0.5, 0.6) is 5.75 Å². The third kappa shape index (κ3) is 2.33. The molecule has 3 N–H and O–H groups in total. The predicted molar refractivity (Wildman–Crippen MR) is 67.1 cm³/mol. The summed E-state index contributed by atoms with van der Waals surface area (Å²) >= 11 is 6.19. The molecule has 1 saturated carbocycles. The van der Waals surface area contributed by atoms with Crippen molar-refractivity contribution in [1.82, 2.24) is 0 Å². The van der Waals surface area contributed by atoms with E-state index in [1.165, 1.54) is 0 Å². The normalized spacial score (nSPS) is 17.8. The Morgan fingerprint density at radius 3 is 2.56 bits per heavy atom. The van der Waals surface area contributed by atoms with E-state index in [9.17, 15) is 5.11 Å². The lowest BCUT2D eigenvalue weighted by Gasteiger charge is -2.14. The highest BCUT2D eigenvalue weighted by Crippen LogP contribution is 2.39. The lowest BCUT2D eigenvalue weighted by Crippen LogP contribution is -2.24. The molecule has 0 amide bonds. The topological polar surface area (TPSA) is 46.2 Å². The molecule has 0 atom stereocenters. The van der Waals surface area contributed by atoms with Crippen molar-refractivity contribution in [3.05, 3.63) is 28.3 Å². The highest BCUT2D eigenvalue weighted by Gasteiger charge is 2.38. The molecule has 16 heavy (non-hydrogen) atoms. The average molecular weight is 240 g/mol. The summed E-state index contributed by atoms with van der Waals surface area (Å²) in [7, 11) is 0. The monoisotopic (exact) mass is 239 g/mol. The molecule has 1 aliphatic rings. The van der Waals surface area contributed by atoms with Crippen LogP contribution in [0, 0.1) is 0 Å². The van der Waals surface area contributed by atoms with E-state index in [1.807, 2.05) is 6.07 Å². The van der Waals surface area contributed by atoms with Gasteiger partial charge in [0, 0.05) is 10.6 Å². The number of phenols is 1. The Labute approximate surface area is 101 Å². The van der Waals surface area contributed by atoms with E-state index in [4.69, 9.17) is 17.3 Å². The van der Waals surface area contributed by atoms with Crippen molar-refractivity contribution in [3.63, 3.8) is 0 Å². The van der Waals surface area contributed by atoms with Crippen molar-refractivity contribution in [1.29, 1.82) is 0 Å². The maximum Gasteiger partial charge on any atom is 0.119 e. The number of hydrogen-bond donors (Lipinski definition) is 2. The van der Waals surface area contributed by atoms with Gasteiger partial charge in [-0.3, -0.25) is 0 Å². The van der Waals surface area contributed by atoms with Crippen LogP contribution in [-0.4, -0.2) is 10.6 Å². The van der Waals surface area contributed by atoms with Gasteiger partial charge >= 0.3 is 0 Å². The van der Waals surface area contributed by atoms with E-state index in [2.05, 4.69) is 13.8 Å². The van der Waals surface area contributed by atoms with E-state index in [-0.39, 0.29) is 5.54 Å². The van der Waals surface area contributed by atoms with Crippen molar-refractivity contribution >= 4 is 11.6 Å². The molecule has 2 nitrogen and oxygen atoms in total. The molecule has 0 heterocycles. The summed E-state index contributed by atoms with van der Waals surface area (Å²) in [5, 5.41) is 10.7. The van der Waals surface area contributed by atoms with Crippen LogP contribution in [0.25, 0.3) is 0 Å². The summed E-state index contributed by atoms with van der Waals surface area (Å²) in [5.74, 6) is 0.644. The largest absolute Gasteiger partial charge is 0.508 e. The molecule has 0 bridgehead atoms. The van der Waals surface area contributed by atoms with Crippen LogP contribution >= 0.6 is 11.6 Å². The minimum absolute atomic E-state index is 0.0971. The SMILES string of the molecule is CC(C)c1cc(O)c(CC2(N)CC2)cc1Cl. The van der Waals surface area contributed by atoms with Crippen molar-refractivity contribution in [2.24, 2.45) is 5.73 Å². The summed E-state index contributed by atoms with van der Waals surface area (Å²) in [6.45, 7) is 4.12. The molecule has 0 radical (unpaired) electrons. The molecule has 3 heteroatoms. The molecule has 1 fully saturated rings. The Balaban J connectivity index is 2.30. The fraction of sp³-hybridized carbons (Fsp3) is 0.538. The zero-order chi connectivity index (χ0) is 11.9. The first-order valence-corrected chi connectivity index (χ1v) is 6.09. The molecule has 2 rings (SSSR count). The van der Waals surface area contributed by atoms with Crippen molar-refractivity contribution < 1.29 is 5.11 Å². The lowest BCUT2D eigenvalue weighted by molar-refractivity contribution is 0.462. The Morgan fingerprint density at radius 2 is 2.06 bits per heavy atom. The number of halogens is 1. The first-order valence-electron chi connectivity index (χ1n) is 5.71. The standard InChI is InChI=1S/C13H18ClNO/c1-8(2)10-6-12(16)9(5-11(10)14)7-13(15)3-4-13/h5-6,8,16H,3-4,7,15H2,1-2H3. The molecular formula is C13H18ClNO. The zero-order valence-electron chi connectivity index (χ0n) is 9.76. The number of phenolic OH excluding ortho intramolecular Hbond substituents is 1. The van der Waals surface area contributed by atoms with Gasteiger partial charge in [-0.15, -0.1) is 0 Å². The van der Waals surface area contributed by atoms with Crippen LogP contribution in [0.1, 0.15) is 43.7 Å². The van der Waals surface area contributed by atoms with Gasteiger partial charge in [0.25, 0.3) is 0 Å². The predicted octanol–water partition coefficient (Wildman–Crippen LogP) is 3.20.